The van der Waals surface area contributed by atoms with Crippen molar-refractivity contribution in [2.75, 3.05) is 0 Å². The van der Waals surface area contributed by atoms with E-state index in [0.29, 0.717) is 0 Å². The van der Waals surface area contributed by atoms with Gasteiger partial charge in [0, 0.05) is 16.5 Å². The van der Waals surface area contributed by atoms with Crippen molar-refractivity contribution < 1.29 is 0 Å². The van der Waals surface area contributed by atoms with Crippen LogP contribution in [0.4, 0.5) is 0 Å². The highest BCUT2D eigenvalue weighted by atomic mass is 79.9. The van der Waals surface area contributed by atoms with Crippen LogP contribution < -0.4 is 0 Å². The molecule has 2 aromatic rings. The predicted octanol–water partition coefficient (Wildman–Crippen LogP) is 4.99. The minimum absolute atomic E-state index is 0.817. The van der Waals surface area contributed by atoms with Gasteiger partial charge in [0.25, 0.3) is 0 Å². The molecule has 0 amide bonds. The van der Waals surface area contributed by atoms with E-state index in [2.05, 4.69) is 57.8 Å². The van der Waals surface area contributed by atoms with E-state index in [9.17, 15) is 0 Å². The molecule has 5 heteroatoms. The Balaban J connectivity index is 2.55. The second-order valence-electron chi connectivity index (χ2n) is 3.46. The lowest BCUT2D eigenvalue weighted by molar-refractivity contribution is 0.918. The number of aromatic nitrogens is 2. The normalized spacial score (nSPS) is 10.6. The fourth-order valence-electron chi connectivity index (χ4n) is 1.46. The van der Waals surface area contributed by atoms with Gasteiger partial charge in [0.2, 0.25) is 0 Å². The van der Waals surface area contributed by atoms with E-state index in [-0.39, 0.29) is 0 Å². The van der Waals surface area contributed by atoms with Crippen LogP contribution in [0.5, 0.6) is 0 Å². The van der Waals surface area contributed by atoms with Crippen molar-refractivity contribution in [2.45, 2.75) is 13.3 Å². The smallest absolute Gasteiger partial charge is 0.130 e. The van der Waals surface area contributed by atoms with Gasteiger partial charge in [-0.05, 0) is 49.6 Å². The molecule has 0 fully saturated rings. The Morgan fingerprint density at radius 2 is 1.47 bits per heavy atom. The molecule has 0 aliphatic rings. The number of aryl methyl sites for hydroxylation is 1. The summed E-state index contributed by atoms with van der Waals surface area (Å²) in [6, 6.07) is 8.07. The third-order valence-electron chi connectivity index (χ3n) is 2.32. The minimum atomic E-state index is 0.817. The Morgan fingerprint density at radius 1 is 0.941 bits per heavy atom. The Labute approximate surface area is 125 Å². The number of nitrogens with zero attached hydrogens (tertiary/aromatic N) is 2. The second kappa shape index (κ2) is 5.59. The van der Waals surface area contributed by atoms with E-state index >= 15 is 0 Å². The molecule has 0 N–H and O–H groups in total. The first-order valence-electron chi connectivity index (χ1n) is 5.09. The molecule has 0 saturated heterocycles. The van der Waals surface area contributed by atoms with E-state index in [4.69, 9.17) is 0 Å². The molecule has 0 bridgehead atoms. The van der Waals surface area contributed by atoms with Gasteiger partial charge in [0.05, 0.1) is 0 Å². The van der Waals surface area contributed by atoms with Crippen LogP contribution in [0.25, 0.3) is 11.1 Å². The summed E-state index contributed by atoms with van der Waals surface area (Å²) in [7, 11) is 0. The van der Waals surface area contributed by atoms with Crippen LogP contribution in [-0.4, -0.2) is 9.97 Å². The number of hydrogen-bond donors (Lipinski definition) is 0. The van der Waals surface area contributed by atoms with Crippen molar-refractivity contribution in [3.05, 3.63) is 43.8 Å². The molecule has 1 aromatic carbocycles. The third-order valence-corrected chi connectivity index (χ3v) is 3.99. The first-order valence-corrected chi connectivity index (χ1v) is 7.47. The van der Waals surface area contributed by atoms with Crippen LogP contribution in [0.2, 0.25) is 0 Å². The predicted molar refractivity (Wildman–Crippen MR) is 79.9 cm³/mol. The number of halogens is 3. The van der Waals surface area contributed by atoms with Gasteiger partial charge in [-0.2, -0.15) is 0 Å². The van der Waals surface area contributed by atoms with Gasteiger partial charge in [-0.25, -0.2) is 9.97 Å². The van der Waals surface area contributed by atoms with Crippen LogP contribution in [0, 0.1) is 0 Å². The Hall–Kier alpha value is -0.260. The lowest BCUT2D eigenvalue weighted by atomic mass is 10.1. The van der Waals surface area contributed by atoms with Crippen molar-refractivity contribution in [3.8, 4) is 11.1 Å². The molecule has 0 saturated carbocycles. The highest BCUT2D eigenvalue weighted by Gasteiger charge is 2.12. The molecular weight excluding hydrogens is 412 g/mol. The largest absolute Gasteiger partial charge is 0.225 e. The number of rotatable bonds is 2. The fraction of sp³-hybridized carbons (Fsp3) is 0.167. The van der Waals surface area contributed by atoms with Gasteiger partial charge < -0.3 is 0 Å². The van der Waals surface area contributed by atoms with Crippen LogP contribution >= 0.6 is 47.8 Å². The average molecular weight is 421 g/mol. The van der Waals surface area contributed by atoms with Crippen molar-refractivity contribution in [3.63, 3.8) is 0 Å². The summed E-state index contributed by atoms with van der Waals surface area (Å²) >= 11 is 10.4. The third kappa shape index (κ3) is 2.95. The summed E-state index contributed by atoms with van der Waals surface area (Å²) < 4.78 is 2.69. The van der Waals surface area contributed by atoms with Crippen LogP contribution in [0.1, 0.15) is 12.7 Å². The highest BCUT2D eigenvalue weighted by Crippen LogP contribution is 2.33. The molecule has 2 nitrogen and oxygen atoms in total. The quantitative estimate of drug-likeness (QED) is 0.639. The van der Waals surface area contributed by atoms with Crippen molar-refractivity contribution in [1.29, 1.82) is 0 Å². The summed E-state index contributed by atoms with van der Waals surface area (Å²) in [5.74, 6) is 0.824. The topological polar surface area (TPSA) is 25.8 Å². The first kappa shape index (κ1) is 13.2. The number of benzene rings is 1. The van der Waals surface area contributed by atoms with Crippen molar-refractivity contribution in [2.24, 2.45) is 0 Å². The molecule has 88 valence electrons. The summed E-state index contributed by atoms with van der Waals surface area (Å²) in [5.41, 5.74) is 2.06. The van der Waals surface area contributed by atoms with Gasteiger partial charge in [0.15, 0.2) is 0 Å². The minimum Gasteiger partial charge on any atom is -0.225 e. The summed E-state index contributed by atoms with van der Waals surface area (Å²) in [6.07, 6.45) is 0.817. The Morgan fingerprint density at radius 3 is 1.94 bits per heavy atom. The fourth-order valence-corrected chi connectivity index (χ4v) is 3.23. The monoisotopic (exact) mass is 418 g/mol. The molecule has 0 aliphatic heterocycles. The molecule has 0 atom stereocenters. The van der Waals surface area contributed by atoms with Gasteiger partial charge in [-0.15, -0.1) is 0 Å². The maximum Gasteiger partial charge on any atom is 0.130 e. The van der Waals surface area contributed by atoms with Crippen molar-refractivity contribution >= 4 is 47.8 Å². The van der Waals surface area contributed by atoms with Gasteiger partial charge in [0.1, 0.15) is 15.0 Å². The van der Waals surface area contributed by atoms with Gasteiger partial charge >= 0.3 is 0 Å². The Kier molecular flexibility index (Phi) is 4.33. The summed E-state index contributed by atoms with van der Waals surface area (Å²) in [6.45, 7) is 2.04. The zero-order chi connectivity index (χ0) is 12.4. The van der Waals surface area contributed by atoms with Gasteiger partial charge in [-0.3, -0.25) is 0 Å². The molecular formula is C12H9Br3N2. The molecule has 2 rings (SSSR count). The molecule has 0 spiro atoms. The zero-order valence-corrected chi connectivity index (χ0v) is 13.8. The van der Waals surface area contributed by atoms with Gasteiger partial charge in [-0.1, -0.05) is 35.0 Å². The summed E-state index contributed by atoms with van der Waals surface area (Å²) in [4.78, 5) is 8.83. The lowest BCUT2D eigenvalue weighted by Gasteiger charge is -2.08. The highest BCUT2D eigenvalue weighted by molar-refractivity contribution is 9.11. The van der Waals surface area contributed by atoms with E-state index in [1.165, 1.54) is 0 Å². The Bertz CT molecular complexity index is 515. The first-order chi connectivity index (χ1) is 8.11. The maximum absolute atomic E-state index is 4.42. The molecule has 0 unspecified atom stereocenters. The van der Waals surface area contributed by atoms with Crippen molar-refractivity contribution in [1.82, 2.24) is 9.97 Å². The second-order valence-corrected chi connectivity index (χ2v) is 5.87. The molecule has 1 aromatic heterocycles. The number of hydrogen-bond acceptors (Lipinski definition) is 2. The standard InChI is InChI=1S/C12H9Br3N2/c1-2-9-16-11(14)10(12(15)17-9)7-3-5-8(13)6-4-7/h3-6H,2H2,1H3. The molecule has 0 radical (unpaired) electrons. The van der Waals surface area contributed by atoms with E-state index < -0.39 is 0 Å². The average Bonchev–Trinajstić information content (AvgIpc) is 2.30. The zero-order valence-electron chi connectivity index (χ0n) is 9.04. The van der Waals surface area contributed by atoms with Crippen LogP contribution in [-0.2, 0) is 6.42 Å². The van der Waals surface area contributed by atoms with E-state index in [1.807, 2.05) is 31.2 Å². The van der Waals surface area contributed by atoms with Crippen LogP contribution in [0.15, 0.2) is 37.9 Å². The maximum atomic E-state index is 4.42. The SMILES string of the molecule is CCc1nc(Br)c(-c2ccc(Br)cc2)c(Br)n1. The molecule has 17 heavy (non-hydrogen) atoms. The van der Waals surface area contributed by atoms with E-state index in [0.717, 1.165) is 37.1 Å². The molecule has 0 aliphatic carbocycles. The van der Waals surface area contributed by atoms with Crippen LogP contribution in [0.3, 0.4) is 0 Å². The molecule has 1 heterocycles. The lowest BCUT2D eigenvalue weighted by Crippen LogP contribution is -1.97. The van der Waals surface area contributed by atoms with E-state index in [1.54, 1.807) is 0 Å². The summed E-state index contributed by atoms with van der Waals surface area (Å²) in [5, 5.41) is 0.